The van der Waals surface area contributed by atoms with E-state index in [1.165, 1.54) is 12.8 Å². The van der Waals surface area contributed by atoms with E-state index in [4.69, 9.17) is 11.6 Å². The van der Waals surface area contributed by atoms with Crippen molar-refractivity contribution >= 4 is 17.3 Å². The predicted molar refractivity (Wildman–Crippen MR) is 72.6 cm³/mol. The van der Waals surface area contributed by atoms with Gasteiger partial charge in [-0.15, -0.1) is 0 Å². The summed E-state index contributed by atoms with van der Waals surface area (Å²) in [6.45, 7) is 5.66. The highest BCUT2D eigenvalue weighted by molar-refractivity contribution is 6.30. The first-order chi connectivity index (χ1) is 8.13. The van der Waals surface area contributed by atoms with E-state index in [-0.39, 0.29) is 6.61 Å². The molecule has 1 aliphatic rings. The van der Waals surface area contributed by atoms with Crippen LogP contribution in [0.1, 0.15) is 32.3 Å². The first-order valence-corrected chi connectivity index (χ1v) is 6.67. The maximum Gasteiger partial charge on any atom is 0.0702 e. The number of aliphatic hydroxyl groups is 1. The molecule has 0 saturated carbocycles. The lowest BCUT2D eigenvalue weighted by Crippen LogP contribution is -2.34. The van der Waals surface area contributed by atoms with Gasteiger partial charge in [-0.05, 0) is 37.0 Å². The fraction of sp³-hybridized carbons (Fsp3) is 0.571. The molecule has 1 unspecified atom stereocenters. The molecule has 1 atom stereocenters. The van der Waals surface area contributed by atoms with Gasteiger partial charge in [0.25, 0.3) is 0 Å². The van der Waals surface area contributed by atoms with Crippen molar-refractivity contribution in [2.75, 3.05) is 11.4 Å². The van der Waals surface area contributed by atoms with Gasteiger partial charge in [0.05, 0.1) is 6.61 Å². The Bertz CT molecular complexity index is 392. The highest BCUT2D eigenvalue weighted by Crippen LogP contribution is 2.33. The topological polar surface area (TPSA) is 23.5 Å². The van der Waals surface area contributed by atoms with E-state index < -0.39 is 0 Å². The van der Waals surface area contributed by atoms with Gasteiger partial charge in [-0.25, -0.2) is 0 Å². The molecule has 1 saturated heterocycles. The van der Waals surface area contributed by atoms with E-state index in [1.807, 2.05) is 18.2 Å². The quantitative estimate of drug-likeness (QED) is 0.892. The fourth-order valence-corrected chi connectivity index (χ4v) is 2.94. The van der Waals surface area contributed by atoms with Gasteiger partial charge in [0.1, 0.15) is 0 Å². The maximum atomic E-state index is 9.44. The predicted octanol–water partition coefficient (Wildman–Crippen LogP) is 3.46. The Hall–Kier alpha value is -0.730. The molecule has 1 aromatic rings. The minimum atomic E-state index is 0.0528. The van der Waals surface area contributed by atoms with Crippen molar-refractivity contribution in [1.82, 2.24) is 0 Å². The Morgan fingerprint density at radius 1 is 1.47 bits per heavy atom. The van der Waals surface area contributed by atoms with Crippen LogP contribution in [0.25, 0.3) is 0 Å². The third-order valence-electron chi connectivity index (χ3n) is 3.59. The smallest absolute Gasteiger partial charge is 0.0702 e. The van der Waals surface area contributed by atoms with Crippen molar-refractivity contribution in [3.8, 4) is 0 Å². The number of benzene rings is 1. The van der Waals surface area contributed by atoms with Crippen LogP contribution in [0.5, 0.6) is 0 Å². The molecule has 1 fully saturated rings. The molecule has 0 amide bonds. The Labute approximate surface area is 108 Å². The zero-order valence-electron chi connectivity index (χ0n) is 10.5. The lowest BCUT2D eigenvalue weighted by atomic mass is 10.0. The van der Waals surface area contributed by atoms with Crippen molar-refractivity contribution in [3.05, 3.63) is 28.8 Å². The Morgan fingerprint density at radius 2 is 2.24 bits per heavy atom. The van der Waals surface area contributed by atoms with E-state index >= 15 is 0 Å². The van der Waals surface area contributed by atoms with Gasteiger partial charge >= 0.3 is 0 Å². The Kier molecular flexibility index (Phi) is 3.95. The standard InChI is InChI=1S/C14H20ClNO/c1-10(2)13-4-3-7-16(13)14-6-5-12(15)8-11(14)9-17/h5-6,8,10,13,17H,3-4,7,9H2,1-2H3. The molecule has 0 radical (unpaired) electrons. The summed E-state index contributed by atoms with van der Waals surface area (Å²) in [7, 11) is 0. The average molecular weight is 254 g/mol. The number of hydrogen-bond acceptors (Lipinski definition) is 2. The molecule has 1 heterocycles. The van der Waals surface area contributed by atoms with Gasteiger partial charge in [0, 0.05) is 28.9 Å². The zero-order chi connectivity index (χ0) is 12.4. The van der Waals surface area contributed by atoms with Crippen LogP contribution in [-0.4, -0.2) is 17.7 Å². The van der Waals surface area contributed by atoms with Crippen LogP contribution in [0.15, 0.2) is 18.2 Å². The van der Waals surface area contributed by atoms with Crippen molar-refractivity contribution in [3.63, 3.8) is 0 Å². The molecule has 1 aliphatic heterocycles. The van der Waals surface area contributed by atoms with Crippen LogP contribution in [0, 0.1) is 5.92 Å². The summed E-state index contributed by atoms with van der Waals surface area (Å²) in [5.74, 6) is 0.639. The Morgan fingerprint density at radius 3 is 2.88 bits per heavy atom. The second-order valence-corrected chi connectivity index (χ2v) is 5.51. The number of rotatable bonds is 3. The highest BCUT2D eigenvalue weighted by Gasteiger charge is 2.28. The van der Waals surface area contributed by atoms with Crippen LogP contribution in [0.3, 0.4) is 0 Å². The molecule has 0 bridgehead atoms. The second kappa shape index (κ2) is 5.28. The van der Waals surface area contributed by atoms with Crippen molar-refractivity contribution < 1.29 is 5.11 Å². The third kappa shape index (κ3) is 2.58. The molecular weight excluding hydrogens is 234 g/mol. The summed E-state index contributed by atoms with van der Waals surface area (Å²) in [5.41, 5.74) is 2.08. The zero-order valence-corrected chi connectivity index (χ0v) is 11.2. The van der Waals surface area contributed by atoms with Crippen LogP contribution in [-0.2, 0) is 6.61 Å². The van der Waals surface area contributed by atoms with E-state index in [9.17, 15) is 5.11 Å². The maximum absolute atomic E-state index is 9.44. The molecular formula is C14H20ClNO. The molecule has 3 heteroatoms. The average Bonchev–Trinajstić information content (AvgIpc) is 2.77. The lowest BCUT2D eigenvalue weighted by Gasteiger charge is -2.31. The van der Waals surface area contributed by atoms with Crippen molar-refractivity contribution in [2.45, 2.75) is 39.3 Å². The van der Waals surface area contributed by atoms with Gasteiger partial charge in [-0.3, -0.25) is 0 Å². The number of aliphatic hydroxyl groups excluding tert-OH is 1. The SMILES string of the molecule is CC(C)C1CCCN1c1ccc(Cl)cc1CO. The van der Waals surface area contributed by atoms with E-state index in [0.29, 0.717) is 17.0 Å². The van der Waals surface area contributed by atoms with Gasteiger partial charge in [0.2, 0.25) is 0 Å². The summed E-state index contributed by atoms with van der Waals surface area (Å²) < 4.78 is 0. The summed E-state index contributed by atoms with van der Waals surface area (Å²) in [4.78, 5) is 2.42. The number of halogens is 1. The largest absolute Gasteiger partial charge is 0.392 e. The van der Waals surface area contributed by atoms with E-state index in [2.05, 4.69) is 18.7 Å². The van der Waals surface area contributed by atoms with Gasteiger partial charge < -0.3 is 10.0 Å². The summed E-state index contributed by atoms with van der Waals surface area (Å²) in [6.07, 6.45) is 2.47. The summed E-state index contributed by atoms with van der Waals surface area (Å²) in [5, 5.41) is 10.1. The van der Waals surface area contributed by atoms with Gasteiger partial charge in [-0.1, -0.05) is 25.4 Å². The van der Waals surface area contributed by atoms with Gasteiger partial charge in [0.15, 0.2) is 0 Å². The molecule has 0 aliphatic carbocycles. The normalized spacial score (nSPS) is 20.3. The molecule has 1 N–H and O–H groups in total. The van der Waals surface area contributed by atoms with Crippen LogP contribution >= 0.6 is 11.6 Å². The summed E-state index contributed by atoms with van der Waals surface area (Å²) >= 11 is 5.97. The molecule has 0 aromatic heterocycles. The van der Waals surface area contributed by atoms with Gasteiger partial charge in [-0.2, -0.15) is 0 Å². The van der Waals surface area contributed by atoms with E-state index in [1.54, 1.807) is 0 Å². The van der Waals surface area contributed by atoms with Crippen molar-refractivity contribution in [1.29, 1.82) is 0 Å². The Balaban J connectivity index is 2.32. The molecule has 2 rings (SSSR count). The molecule has 1 aromatic carbocycles. The monoisotopic (exact) mass is 253 g/mol. The molecule has 0 spiro atoms. The highest BCUT2D eigenvalue weighted by atomic mass is 35.5. The molecule has 2 nitrogen and oxygen atoms in total. The summed E-state index contributed by atoms with van der Waals surface area (Å²) in [6, 6.07) is 6.40. The fourth-order valence-electron chi connectivity index (χ4n) is 2.75. The lowest BCUT2D eigenvalue weighted by molar-refractivity contribution is 0.281. The molecule has 17 heavy (non-hydrogen) atoms. The third-order valence-corrected chi connectivity index (χ3v) is 3.83. The molecule has 94 valence electrons. The van der Waals surface area contributed by atoms with Crippen LogP contribution in [0.2, 0.25) is 5.02 Å². The van der Waals surface area contributed by atoms with Crippen LogP contribution < -0.4 is 4.90 Å². The number of hydrogen-bond donors (Lipinski definition) is 1. The van der Waals surface area contributed by atoms with Crippen molar-refractivity contribution in [2.24, 2.45) is 5.92 Å². The number of nitrogens with zero attached hydrogens (tertiary/aromatic N) is 1. The van der Waals surface area contributed by atoms with E-state index in [0.717, 1.165) is 17.8 Å². The minimum absolute atomic E-state index is 0.0528. The number of anilines is 1. The first kappa shape index (κ1) is 12.7. The van der Waals surface area contributed by atoms with Crippen LogP contribution in [0.4, 0.5) is 5.69 Å². The first-order valence-electron chi connectivity index (χ1n) is 6.29. The minimum Gasteiger partial charge on any atom is -0.392 e. The second-order valence-electron chi connectivity index (χ2n) is 5.08.